The molecule has 1 aliphatic heterocycles. The number of rotatable bonds is 4. The maximum absolute atomic E-state index is 13.0. The average molecular weight is 401 g/mol. The maximum atomic E-state index is 13.0. The summed E-state index contributed by atoms with van der Waals surface area (Å²) in [7, 11) is 1.59. The zero-order chi connectivity index (χ0) is 19.5. The predicted molar refractivity (Wildman–Crippen MR) is 106 cm³/mol. The van der Waals surface area contributed by atoms with Crippen molar-refractivity contribution in [2.24, 2.45) is 0 Å². The summed E-state index contributed by atoms with van der Waals surface area (Å²) in [6.45, 7) is 2.45. The van der Waals surface area contributed by atoms with E-state index in [9.17, 15) is 9.59 Å². The van der Waals surface area contributed by atoms with Crippen LogP contribution in [-0.2, 0) is 16.0 Å². The highest BCUT2D eigenvalue weighted by Gasteiger charge is 2.33. The fourth-order valence-corrected chi connectivity index (χ4v) is 4.69. The van der Waals surface area contributed by atoms with E-state index in [4.69, 9.17) is 9.47 Å². The Morgan fingerprint density at radius 1 is 1.25 bits per heavy atom. The Balaban J connectivity index is 1.49. The van der Waals surface area contributed by atoms with E-state index in [1.807, 2.05) is 4.90 Å². The van der Waals surface area contributed by atoms with Gasteiger partial charge >= 0.3 is 0 Å². The third kappa shape index (κ3) is 3.88. The van der Waals surface area contributed by atoms with Crippen LogP contribution in [0.25, 0.3) is 0 Å². The molecule has 2 amide bonds. The van der Waals surface area contributed by atoms with Gasteiger partial charge in [-0.1, -0.05) is 0 Å². The van der Waals surface area contributed by atoms with E-state index >= 15 is 0 Å². The average Bonchev–Trinajstić information content (AvgIpc) is 3.16. The summed E-state index contributed by atoms with van der Waals surface area (Å²) in [6, 6.07) is 6.93. The molecule has 0 bridgehead atoms. The molecule has 1 aromatic carbocycles. The van der Waals surface area contributed by atoms with Gasteiger partial charge in [0.25, 0.3) is 5.91 Å². The maximum Gasteiger partial charge on any atom is 0.257 e. The molecule has 0 saturated carbocycles. The Kier molecular flexibility index (Phi) is 5.59. The van der Waals surface area contributed by atoms with Gasteiger partial charge in [0.2, 0.25) is 5.91 Å². The molecule has 1 aromatic heterocycles. The number of hydrogen-bond donors (Lipinski definition) is 1. The monoisotopic (exact) mass is 401 g/mol. The molecule has 7 nitrogen and oxygen atoms in total. The normalized spacial score (nSPS) is 19.0. The lowest BCUT2D eigenvalue weighted by molar-refractivity contribution is -0.137. The third-order valence-corrected chi connectivity index (χ3v) is 6.19. The smallest absolute Gasteiger partial charge is 0.257 e. The van der Waals surface area contributed by atoms with E-state index in [2.05, 4.69) is 10.3 Å². The van der Waals surface area contributed by atoms with Crippen LogP contribution in [0.4, 0.5) is 5.13 Å². The number of fused-ring (bicyclic) bond motifs is 1. The minimum atomic E-state index is -0.218. The van der Waals surface area contributed by atoms with Crippen LogP contribution < -0.4 is 10.1 Å². The van der Waals surface area contributed by atoms with Crippen molar-refractivity contribution in [3.8, 4) is 5.75 Å². The van der Waals surface area contributed by atoms with Crippen LogP contribution in [-0.4, -0.2) is 55.1 Å². The van der Waals surface area contributed by atoms with Crippen molar-refractivity contribution in [3.63, 3.8) is 0 Å². The summed E-state index contributed by atoms with van der Waals surface area (Å²) in [5, 5.41) is 3.42. The lowest BCUT2D eigenvalue weighted by Gasteiger charge is -2.31. The van der Waals surface area contributed by atoms with Gasteiger partial charge in [-0.15, -0.1) is 11.3 Å². The summed E-state index contributed by atoms with van der Waals surface area (Å²) >= 11 is 1.47. The molecule has 1 N–H and O–H groups in total. The number of anilines is 1. The first-order valence-corrected chi connectivity index (χ1v) is 10.3. The number of aryl methyl sites for hydroxylation is 1. The van der Waals surface area contributed by atoms with E-state index in [1.165, 1.54) is 11.3 Å². The van der Waals surface area contributed by atoms with Gasteiger partial charge in [0.05, 0.1) is 31.9 Å². The number of hydrogen-bond acceptors (Lipinski definition) is 6. The van der Waals surface area contributed by atoms with Crippen molar-refractivity contribution in [1.82, 2.24) is 9.88 Å². The van der Waals surface area contributed by atoms with E-state index < -0.39 is 0 Å². The fraction of sp³-hybridized carbons (Fsp3) is 0.450. The summed E-state index contributed by atoms with van der Waals surface area (Å²) < 4.78 is 10.5. The van der Waals surface area contributed by atoms with Crippen molar-refractivity contribution in [1.29, 1.82) is 0 Å². The summed E-state index contributed by atoms with van der Waals surface area (Å²) in [5.74, 6) is 0.392. The molecule has 1 aliphatic carbocycles. The molecule has 2 aromatic rings. The number of methoxy groups -OCH3 is 1. The van der Waals surface area contributed by atoms with Crippen LogP contribution >= 0.6 is 11.3 Å². The number of benzene rings is 1. The van der Waals surface area contributed by atoms with Gasteiger partial charge < -0.3 is 14.4 Å². The highest BCUT2D eigenvalue weighted by atomic mass is 32.1. The standard InChI is InChI=1S/C20H23N3O4S/c1-26-14-7-5-13(6-8-14)18(24)22-20-21-17-15(3-2-4-16(17)28-20)19(25)23-9-11-27-12-10-23/h5-8,15H,2-4,9-12H2,1H3,(H,21,22,24)/t15-/m1/s1. The SMILES string of the molecule is COc1ccc(C(=O)Nc2nc3c(s2)CCC[C@H]3C(=O)N2CCOCC2)cc1. The molecule has 28 heavy (non-hydrogen) atoms. The Labute approximate surface area is 167 Å². The summed E-state index contributed by atoms with van der Waals surface area (Å²) in [5.41, 5.74) is 1.37. The van der Waals surface area contributed by atoms with Crippen LogP contribution in [0.3, 0.4) is 0 Å². The molecule has 0 unspecified atom stereocenters. The molecule has 8 heteroatoms. The number of carbonyl (C=O) groups excluding carboxylic acids is 2. The molecule has 148 valence electrons. The Hall–Kier alpha value is -2.45. The topological polar surface area (TPSA) is 80.8 Å². The Bertz CT molecular complexity index is 859. The van der Waals surface area contributed by atoms with Crippen molar-refractivity contribution in [2.75, 3.05) is 38.7 Å². The van der Waals surface area contributed by atoms with Crippen LogP contribution in [0.15, 0.2) is 24.3 Å². The first-order chi connectivity index (χ1) is 13.7. The van der Waals surface area contributed by atoms with Crippen LogP contribution in [0.2, 0.25) is 0 Å². The van der Waals surface area contributed by atoms with Crippen molar-refractivity contribution < 1.29 is 19.1 Å². The van der Waals surface area contributed by atoms with Gasteiger partial charge in [-0.2, -0.15) is 0 Å². The second kappa shape index (κ2) is 8.28. The Morgan fingerprint density at radius 3 is 2.71 bits per heavy atom. The molecule has 4 rings (SSSR count). The molecular formula is C20H23N3O4S. The molecule has 2 aliphatic rings. The largest absolute Gasteiger partial charge is 0.497 e. The number of amides is 2. The molecule has 1 fully saturated rings. The van der Waals surface area contributed by atoms with E-state index in [-0.39, 0.29) is 17.7 Å². The highest BCUT2D eigenvalue weighted by molar-refractivity contribution is 7.15. The zero-order valence-corrected chi connectivity index (χ0v) is 16.6. The fourth-order valence-electron chi connectivity index (χ4n) is 3.63. The van der Waals surface area contributed by atoms with Crippen molar-refractivity contribution >= 4 is 28.3 Å². The lowest BCUT2D eigenvalue weighted by Crippen LogP contribution is -2.43. The van der Waals surface area contributed by atoms with E-state index in [1.54, 1.807) is 31.4 Å². The lowest BCUT2D eigenvalue weighted by atomic mass is 9.90. The molecule has 1 atom stereocenters. The number of morpholine rings is 1. The van der Waals surface area contributed by atoms with E-state index in [0.29, 0.717) is 42.7 Å². The van der Waals surface area contributed by atoms with Gasteiger partial charge in [0.15, 0.2) is 5.13 Å². The first kappa shape index (κ1) is 18.9. The minimum absolute atomic E-state index is 0.127. The molecule has 2 heterocycles. The summed E-state index contributed by atoms with van der Waals surface area (Å²) in [4.78, 5) is 33.1. The van der Waals surface area contributed by atoms with Crippen molar-refractivity contribution in [2.45, 2.75) is 25.2 Å². The predicted octanol–water partition coefficient (Wildman–Crippen LogP) is 2.68. The van der Waals surface area contributed by atoms with Crippen LogP contribution in [0.1, 0.15) is 39.7 Å². The van der Waals surface area contributed by atoms with Gasteiger partial charge in [0, 0.05) is 23.5 Å². The van der Waals surface area contributed by atoms with Crippen molar-refractivity contribution in [3.05, 3.63) is 40.4 Å². The minimum Gasteiger partial charge on any atom is -0.497 e. The molecule has 0 spiro atoms. The van der Waals surface area contributed by atoms with E-state index in [0.717, 1.165) is 29.8 Å². The second-order valence-electron chi connectivity index (χ2n) is 6.89. The van der Waals surface area contributed by atoms with Gasteiger partial charge in [0.1, 0.15) is 5.75 Å². The Morgan fingerprint density at radius 2 is 2.00 bits per heavy atom. The number of aromatic nitrogens is 1. The molecule has 0 radical (unpaired) electrons. The number of nitrogens with one attached hydrogen (secondary N) is 1. The second-order valence-corrected chi connectivity index (χ2v) is 7.98. The van der Waals surface area contributed by atoms with Gasteiger partial charge in [-0.3, -0.25) is 14.9 Å². The number of carbonyl (C=O) groups is 2. The first-order valence-electron chi connectivity index (χ1n) is 9.47. The van der Waals surface area contributed by atoms with Crippen LogP contribution in [0.5, 0.6) is 5.75 Å². The molecular weight excluding hydrogens is 378 g/mol. The van der Waals surface area contributed by atoms with Crippen LogP contribution in [0, 0.1) is 0 Å². The number of ether oxygens (including phenoxy) is 2. The quantitative estimate of drug-likeness (QED) is 0.852. The number of nitrogens with zero attached hydrogens (tertiary/aromatic N) is 2. The zero-order valence-electron chi connectivity index (χ0n) is 15.8. The summed E-state index contributed by atoms with van der Waals surface area (Å²) in [6.07, 6.45) is 2.67. The van der Waals surface area contributed by atoms with Gasteiger partial charge in [-0.05, 0) is 43.5 Å². The molecule has 1 saturated heterocycles. The van der Waals surface area contributed by atoms with Gasteiger partial charge in [-0.25, -0.2) is 4.98 Å². The highest BCUT2D eigenvalue weighted by Crippen LogP contribution is 2.38. The third-order valence-electron chi connectivity index (χ3n) is 5.15. The number of thiazole rings is 1.